The van der Waals surface area contributed by atoms with Gasteiger partial charge >= 0.3 is 6.03 Å². The number of ether oxygens (including phenoxy) is 2. The van der Waals surface area contributed by atoms with E-state index < -0.39 is 6.03 Å². The van der Waals surface area contributed by atoms with Crippen molar-refractivity contribution in [2.45, 2.75) is 75.5 Å². The van der Waals surface area contributed by atoms with Crippen molar-refractivity contribution in [1.29, 1.82) is 0 Å². The molecule has 0 atom stereocenters. The van der Waals surface area contributed by atoms with Crippen molar-refractivity contribution < 1.29 is 19.1 Å². The predicted octanol–water partition coefficient (Wildman–Crippen LogP) is 3.49. The molecule has 1 aliphatic heterocycles. The van der Waals surface area contributed by atoms with Crippen LogP contribution in [-0.4, -0.2) is 36.6 Å². The third kappa shape index (κ3) is 4.03. The number of primary amides is 1. The fourth-order valence-corrected chi connectivity index (χ4v) is 4.57. The Hall–Kier alpha value is -2.44. The molecule has 2 saturated carbocycles. The van der Waals surface area contributed by atoms with Crippen LogP contribution in [0.3, 0.4) is 0 Å². The standard InChI is InChI=1S/C21H29N3O4/c1-26-18-7-6-14(12-19(18)27-16-4-2-3-5-16)17-13-21(28-24-17)10-8-15(9-11-21)23-20(22)25/h6-7,12,15-16H,2-5,8-11,13H2,1H3,(H3,22,23,25). The molecule has 1 aromatic carbocycles. The molecular formula is C21H29N3O4. The molecule has 0 radical (unpaired) electrons. The van der Waals surface area contributed by atoms with Crippen LogP contribution in [0.25, 0.3) is 0 Å². The average Bonchev–Trinajstić information content (AvgIpc) is 3.34. The van der Waals surface area contributed by atoms with Crippen LogP contribution in [0.2, 0.25) is 0 Å². The van der Waals surface area contributed by atoms with Crippen molar-refractivity contribution in [3.05, 3.63) is 23.8 Å². The smallest absolute Gasteiger partial charge is 0.312 e. The third-order valence-corrected chi connectivity index (χ3v) is 6.17. The lowest BCUT2D eigenvalue weighted by atomic mass is 9.78. The maximum Gasteiger partial charge on any atom is 0.312 e. The van der Waals surface area contributed by atoms with E-state index in [0.717, 1.165) is 67.7 Å². The van der Waals surface area contributed by atoms with E-state index in [-0.39, 0.29) is 17.7 Å². The zero-order valence-corrected chi connectivity index (χ0v) is 16.4. The average molecular weight is 387 g/mol. The number of carbonyl (C=O) groups is 1. The number of nitrogens with one attached hydrogen (secondary N) is 1. The summed E-state index contributed by atoms with van der Waals surface area (Å²) in [5.41, 5.74) is 6.93. The number of carbonyl (C=O) groups excluding carboxylic acids is 1. The van der Waals surface area contributed by atoms with Crippen molar-refractivity contribution in [1.82, 2.24) is 5.32 Å². The molecule has 3 aliphatic rings. The second-order valence-electron chi connectivity index (χ2n) is 8.16. The van der Waals surface area contributed by atoms with Crippen LogP contribution in [0.4, 0.5) is 4.79 Å². The van der Waals surface area contributed by atoms with Gasteiger partial charge in [0.2, 0.25) is 0 Å². The minimum Gasteiger partial charge on any atom is -0.493 e. The van der Waals surface area contributed by atoms with E-state index >= 15 is 0 Å². The molecule has 2 amide bonds. The molecule has 0 unspecified atom stereocenters. The number of amides is 2. The molecule has 28 heavy (non-hydrogen) atoms. The third-order valence-electron chi connectivity index (χ3n) is 6.17. The summed E-state index contributed by atoms with van der Waals surface area (Å²) in [5, 5.41) is 7.21. The highest BCUT2D eigenvalue weighted by Crippen LogP contribution is 2.41. The molecule has 2 fully saturated rings. The lowest BCUT2D eigenvalue weighted by Crippen LogP contribution is -2.45. The van der Waals surface area contributed by atoms with Crippen molar-refractivity contribution in [2.75, 3.05) is 7.11 Å². The maximum absolute atomic E-state index is 11.1. The van der Waals surface area contributed by atoms with E-state index in [1.165, 1.54) is 12.8 Å². The first kappa shape index (κ1) is 18.9. The number of rotatable bonds is 5. The van der Waals surface area contributed by atoms with Crippen LogP contribution in [0.5, 0.6) is 11.5 Å². The monoisotopic (exact) mass is 387 g/mol. The van der Waals surface area contributed by atoms with Crippen molar-refractivity contribution >= 4 is 11.7 Å². The lowest BCUT2D eigenvalue weighted by molar-refractivity contribution is -0.0492. The van der Waals surface area contributed by atoms with Gasteiger partial charge in [0.1, 0.15) is 5.60 Å². The highest BCUT2D eigenvalue weighted by atomic mass is 16.7. The zero-order chi connectivity index (χ0) is 19.6. The number of benzene rings is 1. The number of nitrogens with two attached hydrogens (primary N) is 1. The minimum absolute atomic E-state index is 0.128. The summed E-state index contributed by atoms with van der Waals surface area (Å²) in [7, 11) is 1.67. The summed E-state index contributed by atoms with van der Waals surface area (Å²) in [5.74, 6) is 1.54. The van der Waals surface area contributed by atoms with Crippen LogP contribution in [0.1, 0.15) is 63.4 Å². The molecule has 2 aliphatic carbocycles. The summed E-state index contributed by atoms with van der Waals surface area (Å²) < 4.78 is 11.7. The van der Waals surface area contributed by atoms with Gasteiger partial charge in [0, 0.05) is 18.0 Å². The topological polar surface area (TPSA) is 95.2 Å². The molecule has 7 heteroatoms. The van der Waals surface area contributed by atoms with Crippen LogP contribution in [0, 0.1) is 0 Å². The van der Waals surface area contributed by atoms with Gasteiger partial charge in [-0.15, -0.1) is 0 Å². The Kier molecular flexibility index (Phi) is 5.33. The van der Waals surface area contributed by atoms with E-state index in [9.17, 15) is 4.79 Å². The van der Waals surface area contributed by atoms with Crippen molar-refractivity contribution in [2.24, 2.45) is 10.9 Å². The van der Waals surface area contributed by atoms with Gasteiger partial charge in [-0.1, -0.05) is 5.16 Å². The van der Waals surface area contributed by atoms with Gasteiger partial charge in [-0.3, -0.25) is 0 Å². The van der Waals surface area contributed by atoms with Gasteiger partial charge in [0.25, 0.3) is 0 Å². The molecular weight excluding hydrogens is 358 g/mol. The first-order chi connectivity index (χ1) is 13.6. The van der Waals surface area contributed by atoms with Gasteiger partial charge in [-0.2, -0.15) is 0 Å². The SMILES string of the molecule is COc1ccc(C2=NOC3(CCC(NC(N)=O)CC3)C2)cc1OC1CCCC1. The number of hydrogen-bond acceptors (Lipinski definition) is 5. The maximum atomic E-state index is 11.1. The highest BCUT2D eigenvalue weighted by molar-refractivity contribution is 6.02. The molecule has 4 rings (SSSR count). The largest absolute Gasteiger partial charge is 0.493 e. The molecule has 1 heterocycles. The summed E-state index contributed by atoms with van der Waals surface area (Å²) in [6.07, 6.45) is 9.09. The van der Waals surface area contributed by atoms with Gasteiger partial charge in [0.15, 0.2) is 11.5 Å². The Morgan fingerprint density at radius 2 is 1.96 bits per heavy atom. The number of oxime groups is 1. The summed E-state index contributed by atoms with van der Waals surface area (Å²) in [6, 6.07) is 5.66. The lowest BCUT2D eigenvalue weighted by Gasteiger charge is -2.34. The van der Waals surface area contributed by atoms with E-state index in [0.29, 0.717) is 0 Å². The number of nitrogens with zero attached hydrogens (tertiary/aromatic N) is 1. The summed E-state index contributed by atoms with van der Waals surface area (Å²) in [4.78, 5) is 17.0. The zero-order valence-electron chi connectivity index (χ0n) is 16.4. The summed E-state index contributed by atoms with van der Waals surface area (Å²) >= 11 is 0. The first-order valence-electron chi connectivity index (χ1n) is 10.2. The van der Waals surface area contributed by atoms with E-state index in [2.05, 4.69) is 10.5 Å². The molecule has 0 bridgehead atoms. The Balaban J connectivity index is 1.43. The number of hydrogen-bond donors (Lipinski definition) is 2. The second-order valence-corrected chi connectivity index (χ2v) is 8.16. The minimum atomic E-state index is -0.460. The Morgan fingerprint density at radius 3 is 2.64 bits per heavy atom. The van der Waals surface area contributed by atoms with E-state index in [1.54, 1.807) is 7.11 Å². The van der Waals surface area contributed by atoms with Gasteiger partial charge in [-0.25, -0.2) is 4.79 Å². The van der Waals surface area contributed by atoms with E-state index in [4.69, 9.17) is 20.0 Å². The second kappa shape index (κ2) is 7.89. The fraction of sp³-hybridized carbons (Fsp3) is 0.619. The predicted molar refractivity (Wildman–Crippen MR) is 106 cm³/mol. The summed E-state index contributed by atoms with van der Waals surface area (Å²) in [6.45, 7) is 0. The molecule has 1 aromatic rings. The molecule has 3 N–H and O–H groups in total. The quantitative estimate of drug-likeness (QED) is 0.808. The van der Waals surface area contributed by atoms with Crippen LogP contribution in [0.15, 0.2) is 23.4 Å². The Morgan fingerprint density at radius 1 is 1.21 bits per heavy atom. The Labute approximate surface area is 165 Å². The molecule has 1 spiro atoms. The van der Waals surface area contributed by atoms with Gasteiger partial charge in [-0.05, 0) is 69.6 Å². The molecule has 7 nitrogen and oxygen atoms in total. The van der Waals surface area contributed by atoms with Gasteiger partial charge in [0.05, 0.1) is 18.9 Å². The van der Waals surface area contributed by atoms with Gasteiger partial charge < -0.3 is 25.4 Å². The normalized spacial score (nSPS) is 27.3. The molecule has 0 saturated heterocycles. The van der Waals surface area contributed by atoms with Crippen molar-refractivity contribution in [3.8, 4) is 11.5 Å². The Bertz CT molecular complexity index is 750. The first-order valence-corrected chi connectivity index (χ1v) is 10.2. The fourth-order valence-electron chi connectivity index (χ4n) is 4.57. The van der Waals surface area contributed by atoms with Crippen molar-refractivity contribution in [3.63, 3.8) is 0 Å². The van der Waals surface area contributed by atoms with Crippen LogP contribution in [-0.2, 0) is 4.84 Å². The number of methoxy groups -OCH3 is 1. The number of urea groups is 1. The molecule has 152 valence electrons. The molecule has 0 aromatic heterocycles. The van der Waals surface area contributed by atoms with E-state index in [1.807, 2.05) is 18.2 Å². The van der Waals surface area contributed by atoms with Crippen LogP contribution < -0.4 is 20.5 Å². The highest BCUT2D eigenvalue weighted by Gasteiger charge is 2.43. The van der Waals surface area contributed by atoms with Crippen LogP contribution >= 0.6 is 0 Å².